The van der Waals surface area contributed by atoms with E-state index in [-0.39, 0.29) is 10.8 Å². The van der Waals surface area contributed by atoms with Crippen LogP contribution in [-0.2, 0) is 16.6 Å². The maximum Gasteiger partial charge on any atom is 0.250 e. The fourth-order valence-corrected chi connectivity index (χ4v) is 5.76. The van der Waals surface area contributed by atoms with Crippen LogP contribution in [0, 0.1) is 23.7 Å². The quantitative estimate of drug-likeness (QED) is 0.843. The number of nitrogens with one attached hydrogen (secondary N) is 2. The van der Waals surface area contributed by atoms with Crippen molar-refractivity contribution in [3.05, 3.63) is 16.5 Å². The average Bonchev–Trinajstić information content (AvgIpc) is 2.63. The van der Waals surface area contributed by atoms with Gasteiger partial charge in [-0.25, -0.2) is 13.1 Å². The van der Waals surface area contributed by atoms with Crippen molar-refractivity contribution in [2.45, 2.75) is 45.4 Å². The van der Waals surface area contributed by atoms with Crippen molar-refractivity contribution < 1.29 is 8.42 Å². The van der Waals surface area contributed by atoms with E-state index < -0.39 is 10.0 Å². The van der Waals surface area contributed by atoms with Gasteiger partial charge in [-0.3, -0.25) is 0 Å². The number of aryl methyl sites for hydroxylation is 1. The molecule has 1 aromatic rings. The standard InChI is InChI=1S/C15H26N2O2S2/c1-10-7-13(20-11(10)8-16-6)21(18,19)17-9-12-14(2,3)15(12,4)5/h7,12,16-17H,8-9H2,1-6H3. The molecular weight excluding hydrogens is 304 g/mol. The number of sulfonamides is 1. The van der Waals surface area contributed by atoms with Crippen molar-refractivity contribution in [1.29, 1.82) is 0 Å². The molecule has 0 spiro atoms. The summed E-state index contributed by atoms with van der Waals surface area (Å²) in [5.74, 6) is 0.387. The van der Waals surface area contributed by atoms with Crippen LogP contribution in [0.4, 0.5) is 0 Å². The smallest absolute Gasteiger partial charge is 0.250 e. The molecule has 0 aromatic carbocycles. The zero-order valence-corrected chi connectivity index (χ0v) is 15.3. The number of thiophene rings is 1. The Labute approximate surface area is 132 Å². The highest BCUT2D eigenvalue weighted by Gasteiger charge is 2.64. The molecule has 0 atom stereocenters. The second-order valence-corrected chi connectivity index (χ2v) is 10.2. The van der Waals surface area contributed by atoms with Crippen molar-refractivity contribution in [2.75, 3.05) is 13.6 Å². The van der Waals surface area contributed by atoms with Crippen molar-refractivity contribution in [3.63, 3.8) is 0 Å². The number of rotatable bonds is 6. The topological polar surface area (TPSA) is 58.2 Å². The highest BCUT2D eigenvalue weighted by molar-refractivity contribution is 7.91. The molecule has 1 heterocycles. The first-order chi connectivity index (χ1) is 9.54. The first-order valence-corrected chi connectivity index (χ1v) is 9.57. The van der Waals surface area contributed by atoms with E-state index in [1.54, 1.807) is 6.07 Å². The minimum Gasteiger partial charge on any atom is -0.315 e. The summed E-state index contributed by atoms with van der Waals surface area (Å²) < 4.78 is 28.1. The third kappa shape index (κ3) is 2.91. The maximum atomic E-state index is 12.4. The van der Waals surface area contributed by atoms with E-state index in [0.29, 0.717) is 23.2 Å². The second-order valence-electron chi connectivity index (χ2n) is 7.05. The minimum absolute atomic E-state index is 0.193. The Bertz CT molecular complexity index is 616. The maximum absolute atomic E-state index is 12.4. The van der Waals surface area contributed by atoms with Crippen LogP contribution in [0.1, 0.15) is 38.1 Å². The summed E-state index contributed by atoms with van der Waals surface area (Å²) in [5, 5.41) is 3.07. The number of hydrogen-bond acceptors (Lipinski definition) is 4. The molecule has 0 bridgehead atoms. The van der Waals surface area contributed by atoms with Gasteiger partial charge in [-0.2, -0.15) is 0 Å². The largest absolute Gasteiger partial charge is 0.315 e. The van der Waals surface area contributed by atoms with Crippen LogP contribution in [0.15, 0.2) is 10.3 Å². The van der Waals surface area contributed by atoms with Crippen molar-refractivity contribution >= 4 is 21.4 Å². The zero-order chi connectivity index (χ0) is 16.1. The van der Waals surface area contributed by atoms with Gasteiger partial charge < -0.3 is 5.32 Å². The van der Waals surface area contributed by atoms with Crippen LogP contribution in [0.3, 0.4) is 0 Å². The van der Waals surface area contributed by atoms with Gasteiger partial charge in [-0.15, -0.1) is 11.3 Å². The summed E-state index contributed by atoms with van der Waals surface area (Å²) in [6.07, 6.45) is 0. The van der Waals surface area contributed by atoms with E-state index in [1.807, 2.05) is 14.0 Å². The van der Waals surface area contributed by atoms with E-state index in [1.165, 1.54) is 11.3 Å². The molecule has 120 valence electrons. The Morgan fingerprint density at radius 1 is 1.24 bits per heavy atom. The molecule has 0 radical (unpaired) electrons. The molecule has 0 amide bonds. The van der Waals surface area contributed by atoms with Crippen molar-refractivity contribution in [2.24, 2.45) is 16.7 Å². The molecular formula is C15H26N2O2S2. The lowest BCUT2D eigenvalue weighted by molar-refractivity contribution is 0.457. The first kappa shape index (κ1) is 16.9. The summed E-state index contributed by atoms with van der Waals surface area (Å²) >= 11 is 1.35. The van der Waals surface area contributed by atoms with Gasteiger partial charge in [0.15, 0.2) is 0 Å². The van der Waals surface area contributed by atoms with Crippen LogP contribution in [0.25, 0.3) is 0 Å². The third-order valence-electron chi connectivity index (χ3n) is 5.40. The molecule has 1 aliphatic carbocycles. The molecule has 0 unspecified atom stereocenters. The Morgan fingerprint density at radius 3 is 2.29 bits per heavy atom. The Hall–Kier alpha value is -0.430. The van der Waals surface area contributed by atoms with Gasteiger partial charge in [0.2, 0.25) is 10.0 Å². The summed E-state index contributed by atoms with van der Waals surface area (Å²) in [4.78, 5) is 1.07. The van der Waals surface area contributed by atoms with Crippen LogP contribution in [-0.4, -0.2) is 22.0 Å². The summed E-state index contributed by atoms with van der Waals surface area (Å²) in [6, 6.07) is 1.77. The van der Waals surface area contributed by atoms with Gasteiger partial charge in [0.25, 0.3) is 0 Å². The predicted octanol–water partition coefficient (Wildman–Crippen LogP) is 2.74. The number of hydrogen-bond donors (Lipinski definition) is 2. The van der Waals surface area contributed by atoms with Crippen molar-refractivity contribution in [1.82, 2.24) is 10.0 Å². The third-order valence-corrected chi connectivity index (χ3v) is 8.53. The SMILES string of the molecule is CNCc1sc(S(=O)(=O)NCC2C(C)(C)C2(C)C)cc1C. The molecule has 4 nitrogen and oxygen atoms in total. The molecule has 2 N–H and O–H groups in total. The van der Waals surface area contributed by atoms with E-state index in [0.717, 1.165) is 10.4 Å². The van der Waals surface area contributed by atoms with E-state index in [2.05, 4.69) is 37.7 Å². The first-order valence-electron chi connectivity index (χ1n) is 7.27. The van der Waals surface area contributed by atoms with E-state index in [9.17, 15) is 8.42 Å². The molecule has 6 heteroatoms. The molecule has 21 heavy (non-hydrogen) atoms. The van der Waals surface area contributed by atoms with Crippen LogP contribution in [0.2, 0.25) is 0 Å². The van der Waals surface area contributed by atoms with Gasteiger partial charge in [-0.1, -0.05) is 27.7 Å². The zero-order valence-electron chi connectivity index (χ0n) is 13.7. The molecule has 0 aliphatic heterocycles. The van der Waals surface area contributed by atoms with E-state index >= 15 is 0 Å². The molecule has 1 aliphatic rings. The monoisotopic (exact) mass is 330 g/mol. The minimum atomic E-state index is -3.39. The van der Waals surface area contributed by atoms with Gasteiger partial charge in [0, 0.05) is 18.0 Å². The van der Waals surface area contributed by atoms with Crippen LogP contribution < -0.4 is 10.0 Å². The Morgan fingerprint density at radius 2 is 1.81 bits per heavy atom. The summed E-state index contributed by atoms with van der Waals surface area (Å²) in [5.41, 5.74) is 1.41. The highest BCUT2D eigenvalue weighted by Crippen LogP contribution is 2.68. The van der Waals surface area contributed by atoms with Gasteiger partial charge in [0.1, 0.15) is 4.21 Å². The van der Waals surface area contributed by atoms with Gasteiger partial charge in [-0.05, 0) is 42.3 Å². The van der Waals surface area contributed by atoms with E-state index in [4.69, 9.17) is 0 Å². The van der Waals surface area contributed by atoms with Crippen molar-refractivity contribution in [3.8, 4) is 0 Å². The normalized spacial score (nSPS) is 20.7. The Kier molecular flexibility index (Phi) is 4.30. The molecule has 1 fully saturated rings. The van der Waals surface area contributed by atoms with Crippen LogP contribution >= 0.6 is 11.3 Å². The lowest BCUT2D eigenvalue weighted by atomic mass is 10.0. The molecule has 2 rings (SSSR count). The highest BCUT2D eigenvalue weighted by atomic mass is 32.2. The second kappa shape index (κ2) is 5.33. The average molecular weight is 331 g/mol. The molecule has 1 aromatic heterocycles. The Balaban J connectivity index is 2.08. The summed E-state index contributed by atoms with van der Waals surface area (Å²) in [7, 11) is -1.53. The lowest BCUT2D eigenvalue weighted by Crippen LogP contribution is -2.26. The fraction of sp³-hybridized carbons (Fsp3) is 0.733. The fourth-order valence-electron chi connectivity index (χ4n) is 3.06. The summed E-state index contributed by atoms with van der Waals surface area (Å²) in [6.45, 7) is 12.0. The molecule has 0 saturated heterocycles. The predicted molar refractivity (Wildman–Crippen MR) is 88.1 cm³/mol. The van der Waals surface area contributed by atoms with Gasteiger partial charge >= 0.3 is 0 Å². The lowest BCUT2D eigenvalue weighted by Gasteiger charge is -2.06. The van der Waals surface area contributed by atoms with Crippen LogP contribution in [0.5, 0.6) is 0 Å². The molecule has 1 saturated carbocycles. The van der Waals surface area contributed by atoms with Gasteiger partial charge in [0.05, 0.1) is 0 Å².